The number of aryl methyl sites for hydroxylation is 1. The predicted molar refractivity (Wildman–Crippen MR) is 81.5 cm³/mol. The molecule has 1 saturated carbocycles. The number of amides is 1. The molecule has 0 aliphatic heterocycles. The molecule has 2 aromatic rings. The number of carbonyl (C=O) groups is 1. The Morgan fingerprint density at radius 1 is 1.36 bits per heavy atom. The number of carbonyl (C=O) groups excluding carboxylic acids is 1. The first kappa shape index (κ1) is 14.4. The Kier molecular flexibility index (Phi) is 3.75. The van der Waals surface area contributed by atoms with Crippen molar-refractivity contribution in [1.29, 1.82) is 0 Å². The summed E-state index contributed by atoms with van der Waals surface area (Å²) in [6, 6.07) is 6.14. The van der Waals surface area contributed by atoms with E-state index in [1.54, 1.807) is 23.0 Å². The highest BCUT2D eigenvalue weighted by atomic mass is 19.1. The van der Waals surface area contributed by atoms with Gasteiger partial charge in [0.25, 0.3) is 0 Å². The Morgan fingerprint density at radius 2 is 2.05 bits per heavy atom. The van der Waals surface area contributed by atoms with Gasteiger partial charge in [-0.25, -0.2) is 14.5 Å². The third-order valence-electron chi connectivity index (χ3n) is 3.74. The van der Waals surface area contributed by atoms with Crippen LogP contribution in [0.5, 0.6) is 0 Å². The highest BCUT2D eigenvalue weighted by molar-refractivity contribution is 5.86. The zero-order valence-corrected chi connectivity index (χ0v) is 12.5. The van der Waals surface area contributed by atoms with Crippen molar-refractivity contribution >= 4 is 12.1 Å². The Hall–Kier alpha value is -2.50. The van der Waals surface area contributed by atoms with Gasteiger partial charge >= 0.3 is 0 Å². The molecule has 22 heavy (non-hydrogen) atoms. The molecule has 6 heteroatoms. The molecule has 0 atom stereocenters. The minimum Gasteiger partial charge on any atom is -0.273 e. The first-order chi connectivity index (χ1) is 10.6. The Bertz CT molecular complexity index is 729. The molecule has 1 aliphatic carbocycles. The van der Waals surface area contributed by atoms with Crippen LogP contribution in [-0.2, 0) is 4.79 Å². The van der Waals surface area contributed by atoms with Gasteiger partial charge < -0.3 is 0 Å². The van der Waals surface area contributed by atoms with Crippen molar-refractivity contribution in [2.45, 2.75) is 26.7 Å². The van der Waals surface area contributed by atoms with E-state index in [2.05, 4.69) is 15.6 Å². The van der Waals surface area contributed by atoms with Gasteiger partial charge in [0, 0.05) is 11.5 Å². The molecular weight excluding hydrogens is 283 g/mol. The number of hydrogen-bond donors (Lipinski definition) is 1. The lowest BCUT2D eigenvalue weighted by atomic mass is 10.2. The molecule has 1 aromatic heterocycles. The first-order valence-electron chi connectivity index (χ1n) is 7.21. The molecule has 0 saturated heterocycles. The van der Waals surface area contributed by atoms with Crippen LogP contribution < -0.4 is 5.43 Å². The molecule has 0 unspecified atom stereocenters. The summed E-state index contributed by atoms with van der Waals surface area (Å²) in [4.78, 5) is 11.5. The highest BCUT2D eigenvalue weighted by Crippen LogP contribution is 2.28. The van der Waals surface area contributed by atoms with Crippen LogP contribution in [-0.4, -0.2) is 21.9 Å². The van der Waals surface area contributed by atoms with Crippen LogP contribution in [0.2, 0.25) is 0 Å². The number of rotatable bonds is 4. The maximum Gasteiger partial charge on any atom is 0.243 e. The molecule has 1 aliphatic rings. The lowest BCUT2D eigenvalue weighted by Gasteiger charge is -2.04. The van der Waals surface area contributed by atoms with Crippen LogP contribution in [0.15, 0.2) is 29.4 Å². The molecule has 0 radical (unpaired) electrons. The summed E-state index contributed by atoms with van der Waals surface area (Å²) in [6.45, 7) is 3.78. The van der Waals surface area contributed by atoms with Crippen LogP contribution in [0.25, 0.3) is 5.69 Å². The average Bonchev–Trinajstić information content (AvgIpc) is 3.30. The van der Waals surface area contributed by atoms with E-state index in [1.165, 1.54) is 12.1 Å². The summed E-state index contributed by atoms with van der Waals surface area (Å²) in [5.41, 5.74) is 5.86. The maximum atomic E-state index is 13.0. The molecule has 5 nitrogen and oxygen atoms in total. The number of hydrazone groups is 1. The van der Waals surface area contributed by atoms with Crippen molar-refractivity contribution in [3.63, 3.8) is 0 Å². The molecule has 0 spiro atoms. The maximum absolute atomic E-state index is 13.0. The van der Waals surface area contributed by atoms with Gasteiger partial charge in [0.1, 0.15) is 5.82 Å². The zero-order chi connectivity index (χ0) is 15.7. The van der Waals surface area contributed by atoms with Crippen LogP contribution >= 0.6 is 0 Å². The van der Waals surface area contributed by atoms with Crippen molar-refractivity contribution in [1.82, 2.24) is 15.2 Å². The third kappa shape index (κ3) is 2.90. The smallest absolute Gasteiger partial charge is 0.243 e. The van der Waals surface area contributed by atoms with Crippen LogP contribution in [0.4, 0.5) is 4.39 Å². The second-order valence-corrected chi connectivity index (χ2v) is 5.48. The van der Waals surface area contributed by atoms with Crippen molar-refractivity contribution in [3.8, 4) is 5.69 Å². The fraction of sp³-hybridized carbons (Fsp3) is 0.312. The number of benzene rings is 1. The van der Waals surface area contributed by atoms with Gasteiger partial charge in [0.15, 0.2) is 0 Å². The first-order valence-corrected chi connectivity index (χ1v) is 7.21. The molecule has 3 rings (SSSR count). The second-order valence-electron chi connectivity index (χ2n) is 5.48. The minimum atomic E-state index is -0.283. The van der Waals surface area contributed by atoms with Gasteiger partial charge in [0.05, 0.1) is 23.3 Å². The lowest BCUT2D eigenvalue weighted by molar-refractivity contribution is -0.122. The van der Waals surface area contributed by atoms with Crippen LogP contribution in [0, 0.1) is 25.6 Å². The quantitative estimate of drug-likeness (QED) is 0.696. The predicted octanol–water partition coefficient (Wildman–Crippen LogP) is 2.49. The Morgan fingerprint density at radius 3 is 2.68 bits per heavy atom. The van der Waals surface area contributed by atoms with Crippen molar-refractivity contribution in [2.75, 3.05) is 0 Å². The van der Waals surface area contributed by atoms with Crippen molar-refractivity contribution in [3.05, 3.63) is 47.0 Å². The van der Waals surface area contributed by atoms with E-state index in [9.17, 15) is 9.18 Å². The van der Waals surface area contributed by atoms with E-state index in [0.717, 1.165) is 35.5 Å². The summed E-state index contributed by atoms with van der Waals surface area (Å²) in [7, 11) is 0. The van der Waals surface area contributed by atoms with Gasteiger partial charge in [-0.15, -0.1) is 0 Å². The third-order valence-corrected chi connectivity index (χ3v) is 3.74. The largest absolute Gasteiger partial charge is 0.273 e. The van der Waals surface area contributed by atoms with E-state index < -0.39 is 0 Å². The minimum absolute atomic E-state index is 0.0301. The van der Waals surface area contributed by atoms with E-state index in [4.69, 9.17) is 0 Å². The fourth-order valence-electron chi connectivity index (χ4n) is 2.27. The van der Waals surface area contributed by atoms with Gasteiger partial charge in [0.2, 0.25) is 5.91 Å². The number of hydrogen-bond acceptors (Lipinski definition) is 3. The van der Waals surface area contributed by atoms with Gasteiger partial charge in [-0.3, -0.25) is 4.79 Å². The number of halogens is 1. The van der Waals surface area contributed by atoms with E-state index in [0.29, 0.717) is 0 Å². The molecule has 0 bridgehead atoms. The molecular formula is C16H17FN4O. The fourth-order valence-corrected chi connectivity index (χ4v) is 2.27. The summed E-state index contributed by atoms with van der Waals surface area (Å²) in [5.74, 6) is -0.186. The molecule has 114 valence electrons. The van der Waals surface area contributed by atoms with E-state index >= 15 is 0 Å². The van der Waals surface area contributed by atoms with Gasteiger partial charge in [-0.1, -0.05) is 0 Å². The Labute approximate surface area is 127 Å². The molecule has 1 heterocycles. The normalized spacial score (nSPS) is 14.5. The number of nitrogens with one attached hydrogen (secondary N) is 1. The van der Waals surface area contributed by atoms with Gasteiger partial charge in [-0.05, 0) is 51.0 Å². The van der Waals surface area contributed by atoms with E-state index in [1.807, 2.05) is 13.8 Å². The van der Waals surface area contributed by atoms with Crippen molar-refractivity contribution < 1.29 is 9.18 Å². The molecule has 1 amide bonds. The summed E-state index contributed by atoms with van der Waals surface area (Å²) >= 11 is 0. The number of nitrogens with zero attached hydrogens (tertiary/aromatic N) is 3. The lowest BCUT2D eigenvalue weighted by Crippen LogP contribution is -2.19. The molecule has 1 aromatic carbocycles. The summed E-state index contributed by atoms with van der Waals surface area (Å²) in [5, 5.41) is 8.45. The zero-order valence-electron chi connectivity index (χ0n) is 12.5. The molecule has 1 fully saturated rings. The summed E-state index contributed by atoms with van der Waals surface area (Å²) < 4.78 is 14.7. The van der Waals surface area contributed by atoms with Crippen molar-refractivity contribution in [2.24, 2.45) is 11.0 Å². The summed E-state index contributed by atoms with van der Waals surface area (Å²) in [6.07, 6.45) is 3.50. The monoisotopic (exact) mass is 300 g/mol. The second kappa shape index (κ2) is 5.71. The van der Waals surface area contributed by atoms with Crippen LogP contribution in [0.1, 0.15) is 29.8 Å². The average molecular weight is 300 g/mol. The Balaban J connectivity index is 1.81. The number of aromatic nitrogens is 2. The van der Waals surface area contributed by atoms with Gasteiger partial charge in [-0.2, -0.15) is 10.2 Å². The van der Waals surface area contributed by atoms with Crippen LogP contribution in [0.3, 0.4) is 0 Å². The highest BCUT2D eigenvalue weighted by Gasteiger charge is 2.29. The SMILES string of the molecule is Cc1nn(-c2ccc(F)cc2)c(C)c1/C=N\NC(=O)C1CC1. The standard InChI is InChI=1S/C16H17FN4O/c1-10-15(9-18-19-16(22)12-3-4-12)11(2)21(20-10)14-7-5-13(17)6-8-14/h5-9,12H,3-4H2,1-2H3,(H,19,22)/b18-9-. The van der Waals surface area contributed by atoms with E-state index in [-0.39, 0.29) is 17.6 Å². The topological polar surface area (TPSA) is 59.3 Å². The molecule has 1 N–H and O–H groups in total.